The van der Waals surface area contributed by atoms with Crippen molar-refractivity contribution in [2.45, 2.75) is 20.1 Å². The normalized spacial score (nSPS) is 11.6. The molecule has 6 nitrogen and oxygen atoms in total. The fraction of sp³-hybridized carbons (Fsp3) is 0.500. The van der Waals surface area contributed by atoms with Gasteiger partial charge in [-0.3, -0.25) is 20.2 Å². The van der Waals surface area contributed by atoms with E-state index >= 15 is 0 Å². The summed E-state index contributed by atoms with van der Waals surface area (Å²) < 4.78 is 4.90. The van der Waals surface area contributed by atoms with E-state index in [9.17, 15) is 9.59 Å². The van der Waals surface area contributed by atoms with Gasteiger partial charge >= 0.3 is 5.97 Å². The van der Waals surface area contributed by atoms with Crippen LogP contribution in [-0.2, 0) is 14.3 Å². The summed E-state index contributed by atoms with van der Waals surface area (Å²) in [6.45, 7) is 5.69. The Morgan fingerprint density at radius 2 is 2.14 bits per heavy atom. The lowest BCUT2D eigenvalue weighted by atomic mass is 10.5. The van der Waals surface area contributed by atoms with Crippen molar-refractivity contribution in [1.82, 2.24) is 4.90 Å². The number of hydrogen-bond donors (Lipinski definition) is 2. The second kappa shape index (κ2) is 5.23. The molecule has 80 valence electrons. The highest BCUT2D eigenvalue weighted by Crippen LogP contribution is 2.05. The summed E-state index contributed by atoms with van der Waals surface area (Å²) in [6, 6.07) is 0. The standard InChI is InChI=1S/C8H14N2O4/c1-5(9)14-7(3)10(6(2)11)4-8(12)13/h5H,3-4,9H2,1-2H3,(H,12,13). The highest BCUT2D eigenvalue weighted by Gasteiger charge is 2.17. The lowest BCUT2D eigenvalue weighted by molar-refractivity contribution is -0.144. The molecule has 3 N–H and O–H groups in total. The molecule has 0 radical (unpaired) electrons. The summed E-state index contributed by atoms with van der Waals surface area (Å²) in [5.41, 5.74) is 5.29. The monoisotopic (exact) mass is 202 g/mol. The maximum absolute atomic E-state index is 11.0. The van der Waals surface area contributed by atoms with E-state index in [1.54, 1.807) is 6.92 Å². The molecule has 0 rings (SSSR count). The first-order valence-corrected chi connectivity index (χ1v) is 3.95. The van der Waals surface area contributed by atoms with Gasteiger partial charge < -0.3 is 9.84 Å². The molecule has 1 atom stereocenters. The number of nitrogens with zero attached hydrogens (tertiary/aromatic N) is 1. The van der Waals surface area contributed by atoms with E-state index in [-0.39, 0.29) is 5.88 Å². The van der Waals surface area contributed by atoms with Crippen molar-refractivity contribution < 1.29 is 19.4 Å². The minimum Gasteiger partial charge on any atom is -0.480 e. The first kappa shape index (κ1) is 12.4. The van der Waals surface area contributed by atoms with Crippen LogP contribution in [0.25, 0.3) is 0 Å². The Morgan fingerprint density at radius 3 is 2.43 bits per heavy atom. The smallest absolute Gasteiger partial charge is 0.323 e. The molecule has 0 saturated carbocycles. The fourth-order valence-electron chi connectivity index (χ4n) is 0.789. The Balaban J connectivity index is 4.41. The highest BCUT2D eigenvalue weighted by atomic mass is 16.5. The van der Waals surface area contributed by atoms with Crippen LogP contribution in [0, 0.1) is 0 Å². The Labute approximate surface area is 81.9 Å². The van der Waals surface area contributed by atoms with Crippen molar-refractivity contribution >= 4 is 11.9 Å². The number of carboxylic acid groups (broad SMARTS) is 1. The van der Waals surface area contributed by atoms with Crippen LogP contribution >= 0.6 is 0 Å². The third-order valence-electron chi connectivity index (χ3n) is 1.30. The number of amides is 1. The largest absolute Gasteiger partial charge is 0.480 e. The minimum absolute atomic E-state index is 0.0603. The van der Waals surface area contributed by atoms with Crippen molar-refractivity contribution in [2.75, 3.05) is 6.54 Å². The summed E-state index contributed by atoms with van der Waals surface area (Å²) >= 11 is 0. The molecule has 0 aliphatic carbocycles. The number of rotatable bonds is 5. The van der Waals surface area contributed by atoms with E-state index in [1.165, 1.54) is 6.92 Å². The second-order valence-corrected chi connectivity index (χ2v) is 2.72. The molecule has 0 spiro atoms. The predicted molar refractivity (Wildman–Crippen MR) is 48.9 cm³/mol. The molecule has 0 aliphatic rings. The molecule has 1 unspecified atom stereocenters. The number of carbonyl (C=O) groups excluding carboxylic acids is 1. The molecule has 0 bridgehead atoms. The molecule has 0 aromatic carbocycles. The number of nitrogens with two attached hydrogens (primary N) is 1. The van der Waals surface area contributed by atoms with E-state index in [0.717, 1.165) is 4.90 Å². The van der Waals surface area contributed by atoms with Gasteiger partial charge in [0.05, 0.1) is 0 Å². The molecule has 0 heterocycles. The Bertz CT molecular complexity index is 250. The average molecular weight is 202 g/mol. The van der Waals surface area contributed by atoms with Gasteiger partial charge in [0.1, 0.15) is 12.8 Å². The van der Waals surface area contributed by atoms with E-state index in [4.69, 9.17) is 15.6 Å². The summed E-state index contributed by atoms with van der Waals surface area (Å²) in [4.78, 5) is 22.3. The first-order chi connectivity index (χ1) is 6.34. The molecule has 1 amide bonds. The number of aliphatic carboxylic acids is 1. The Hall–Kier alpha value is -1.56. The van der Waals surface area contributed by atoms with Crippen LogP contribution in [0.15, 0.2) is 12.5 Å². The van der Waals surface area contributed by atoms with Gasteiger partial charge in [0.25, 0.3) is 0 Å². The Morgan fingerprint density at radius 1 is 1.64 bits per heavy atom. The average Bonchev–Trinajstić information content (AvgIpc) is 1.97. The second-order valence-electron chi connectivity index (χ2n) is 2.72. The fourth-order valence-corrected chi connectivity index (χ4v) is 0.789. The van der Waals surface area contributed by atoms with E-state index in [2.05, 4.69) is 6.58 Å². The van der Waals surface area contributed by atoms with Gasteiger partial charge in [0.15, 0.2) is 5.88 Å². The van der Waals surface area contributed by atoms with E-state index in [1.807, 2.05) is 0 Å². The maximum atomic E-state index is 11.0. The molecule has 0 aromatic rings. The number of ether oxygens (including phenoxy) is 1. The van der Waals surface area contributed by atoms with Crippen LogP contribution in [0.1, 0.15) is 13.8 Å². The van der Waals surface area contributed by atoms with E-state index < -0.39 is 24.6 Å². The zero-order valence-corrected chi connectivity index (χ0v) is 8.19. The van der Waals surface area contributed by atoms with Crippen LogP contribution in [0.5, 0.6) is 0 Å². The molecule has 0 aliphatic heterocycles. The van der Waals surface area contributed by atoms with Crippen LogP contribution in [0.4, 0.5) is 0 Å². The lowest BCUT2D eigenvalue weighted by Gasteiger charge is -2.22. The third-order valence-corrected chi connectivity index (χ3v) is 1.30. The highest BCUT2D eigenvalue weighted by molar-refractivity contribution is 5.80. The van der Waals surface area contributed by atoms with Gasteiger partial charge in [-0.1, -0.05) is 0 Å². The zero-order chi connectivity index (χ0) is 11.3. The molecule has 0 fully saturated rings. The van der Waals surface area contributed by atoms with Gasteiger partial charge in [0.2, 0.25) is 5.91 Å². The van der Waals surface area contributed by atoms with Crippen molar-refractivity contribution in [3.63, 3.8) is 0 Å². The number of carbonyl (C=O) groups is 2. The summed E-state index contributed by atoms with van der Waals surface area (Å²) in [5, 5.41) is 8.49. The quantitative estimate of drug-likeness (QED) is 0.472. The van der Waals surface area contributed by atoms with Crippen molar-refractivity contribution in [3.8, 4) is 0 Å². The van der Waals surface area contributed by atoms with Crippen LogP contribution < -0.4 is 5.73 Å². The zero-order valence-electron chi connectivity index (χ0n) is 8.19. The third kappa shape index (κ3) is 4.46. The SMILES string of the molecule is C=C(OC(C)N)N(CC(=O)O)C(C)=O. The van der Waals surface area contributed by atoms with Crippen LogP contribution in [0.3, 0.4) is 0 Å². The van der Waals surface area contributed by atoms with Crippen molar-refractivity contribution in [1.29, 1.82) is 0 Å². The number of hydrogen-bond acceptors (Lipinski definition) is 4. The van der Waals surface area contributed by atoms with Gasteiger partial charge in [-0.05, 0) is 13.5 Å². The summed E-state index contributed by atoms with van der Waals surface area (Å²) in [7, 11) is 0. The van der Waals surface area contributed by atoms with Crippen molar-refractivity contribution in [3.05, 3.63) is 12.5 Å². The van der Waals surface area contributed by atoms with Crippen LogP contribution in [-0.4, -0.2) is 34.7 Å². The number of carboxylic acids is 1. The summed E-state index contributed by atoms with van der Waals surface area (Å²) in [6.07, 6.45) is -0.641. The maximum Gasteiger partial charge on any atom is 0.323 e. The molecule has 14 heavy (non-hydrogen) atoms. The Kier molecular flexibility index (Phi) is 4.65. The topological polar surface area (TPSA) is 92.9 Å². The predicted octanol–water partition coefficient (Wildman–Crippen LogP) is -0.288. The molecule has 0 aromatic heterocycles. The molecule has 6 heteroatoms. The van der Waals surface area contributed by atoms with Gasteiger partial charge in [0, 0.05) is 6.92 Å². The lowest BCUT2D eigenvalue weighted by Crippen LogP contribution is -2.36. The van der Waals surface area contributed by atoms with Crippen LogP contribution in [0.2, 0.25) is 0 Å². The van der Waals surface area contributed by atoms with Crippen molar-refractivity contribution in [2.24, 2.45) is 5.73 Å². The molecular weight excluding hydrogens is 188 g/mol. The molecular formula is C8H14N2O4. The minimum atomic E-state index is -1.14. The first-order valence-electron chi connectivity index (χ1n) is 3.95. The van der Waals surface area contributed by atoms with Gasteiger partial charge in [-0.15, -0.1) is 0 Å². The van der Waals surface area contributed by atoms with Gasteiger partial charge in [-0.2, -0.15) is 0 Å². The van der Waals surface area contributed by atoms with E-state index in [0.29, 0.717) is 0 Å². The summed E-state index contributed by atoms with van der Waals surface area (Å²) in [5.74, 6) is -1.66. The van der Waals surface area contributed by atoms with Gasteiger partial charge in [-0.25, -0.2) is 0 Å². The molecule has 0 saturated heterocycles.